The van der Waals surface area contributed by atoms with Gasteiger partial charge in [0.2, 0.25) is 5.92 Å². The van der Waals surface area contributed by atoms with Gasteiger partial charge in [-0.3, -0.25) is 9.48 Å². The molecule has 1 atom stereocenters. The highest BCUT2D eigenvalue weighted by Gasteiger charge is 2.39. The van der Waals surface area contributed by atoms with Crippen LogP contribution in [0.25, 0.3) is 5.78 Å². The number of aromatic nitrogens is 8. The summed E-state index contributed by atoms with van der Waals surface area (Å²) in [6, 6.07) is 1.09. The lowest BCUT2D eigenvalue weighted by molar-refractivity contribution is -0.0495. The van der Waals surface area contributed by atoms with E-state index in [-0.39, 0.29) is 37.5 Å². The second kappa shape index (κ2) is 9.16. The van der Waals surface area contributed by atoms with E-state index in [4.69, 9.17) is 0 Å². The maximum absolute atomic E-state index is 13.9. The Morgan fingerprint density at radius 3 is 2.77 bits per heavy atom. The molecule has 1 fully saturated rings. The van der Waals surface area contributed by atoms with Gasteiger partial charge in [0.15, 0.2) is 0 Å². The summed E-state index contributed by atoms with van der Waals surface area (Å²) < 4.78 is 32.9. The van der Waals surface area contributed by atoms with E-state index in [1.165, 1.54) is 0 Å². The highest BCUT2D eigenvalue weighted by Crippen LogP contribution is 2.41. The van der Waals surface area contributed by atoms with Gasteiger partial charge in [-0.15, -0.1) is 0 Å². The van der Waals surface area contributed by atoms with Crippen LogP contribution in [-0.4, -0.2) is 50.7 Å². The van der Waals surface area contributed by atoms with E-state index in [0.717, 1.165) is 11.4 Å². The van der Waals surface area contributed by atoms with Crippen LogP contribution in [0.3, 0.4) is 0 Å². The highest BCUT2D eigenvalue weighted by atomic mass is 19.3. The van der Waals surface area contributed by atoms with Gasteiger partial charge in [-0.25, -0.2) is 28.2 Å². The lowest BCUT2D eigenvalue weighted by atomic mass is 9.81. The van der Waals surface area contributed by atoms with E-state index in [2.05, 4.69) is 30.5 Å². The van der Waals surface area contributed by atoms with Crippen LogP contribution < -0.4 is 5.32 Å². The Kier molecular flexibility index (Phi) is 6.03. The molecule has 1 N–H and O–H groups in total. The van der Waals surface area contributed by atoms with Gasteiger partial charge in [-0.1, -0.05) is 0 Å². The molecule has 0 saturated heterocycles. The monoisotopic (exact) mass is 483 g/mol. The van der Waals surface area contributed by atoms with E-state index >= 15 is 0 Å². The van der Waals surface area contributed by atoms with Gasteiger partial charge in [0.25, 0.3) is 11.7 Å². The summed E-state index contributed by atoms with van der Waals surface area (Å²) in [5.74, 6) is -2.79. The molecule has 184 valence electrons. The SMILES string of the molecule is CCn1nccc1C(=O)NC(c1cn2nc(C)c(Cn3ccnc3)nc2n1)C1CCC(F)(F)CC1. The fourth-order valence-corrected chi connectivity index (χ4v) is 4.62. The van der Waals surface area contributed by atoms with Crippen molar-refractivity contribution in [3.63, 3.8) is 0 Å². The number of rotatable bonds is 7. The Hall–Kier alpha value is -3.70. The minimum Gasteiger partial charge on any atom is -0.342 e. The number of hydrogen-bond donors (Lipinski definition) is 1. The second-order valence-corrected chi connectivity index (χ2v) is 8.97. The number of fused-ring (bicyclic) bond motifs is 1. The van der Waals surface area contributed by atoms with Crippen molar-refractivity contribution >= 4 is 11.7 Å². The van der Waals surface area contributed by atoms with E-state index in [0.29, 0.717) is 30.3 Å². The number of aryl methyl sites for hydroxylation is 2. The number of amides is 1. The quantitative estimate of drug-likeness (QED) is 0.433. The minimum atomic E-state index is -2.67. The standard InChI is InChI=1S/C23H27F2N9O/c1-3-33-19(6-9-27-33)21(35)30-20(16-4-7-23(24,25)8-5-16)18-13-34-22(29-18)28-17(15(2)31-34)12-32-11-10-26-14-32/h6,9-11,13-14,16,20H,3-5,7-8,12H2,1-2H3,(H,30,35). The molecule has 4 heterocycles. The second-order valence-electron chi connectivity index (χ2n) is 8.97. The Balaban J connectivity index is 1.47. The van der Waals surface area contributed by atoms with Crippen molar-refractivity contribution in [3.8, 4) is 0 Å². The summed E-state index contributed by atoms with van der Waals surface area (Å²) in [6.07, 6.45) is 8.67. The first kappa shape index (κ1) is 23.1. The van der Waals surface area contributed by atoms with Crippen molar-refractivity contribution in [2.75, 3.05) is 0 Å². The van der Waals surface area contributed by atoms with Gasteiger partial charge in [0.05, 0.1) is 42.2 Å². The van der Waals surface area contributed by atoms with E-state index in [9.17, 15) is 13.6 Å². The smallest absolute Gasteiger partial charge is 0.270 e. The molecule has 0 bridgehead atoms. The zero-order valence-corrected chi connectivity index (χ0v) is 19.6. The van der Waals surface area contributed by atoms with E-state index in [1.807, 2.05) is 24.6 Å². The summed E-state index contributed by atoms with van der Waals surface area (Å²) in [7, 11) is 0. The number of hydrogen-bond acceptors (Lipinski definition) is 6. The predicted octanol–water partition coefficient (Wildman–Crippen LogP) is 3.19. The number of nitrogens with one attached hydrogen (secondary N) is 1. The summed E-state index contributed by atoms with van der Waals surface area (Å²) in [6.45, 7) is 4.80. The maximum atomic E-state index is 13.9. The first-order chi connectivity index (χ1) is 16.8. The summed E-state index contributed by atoms with van der Waals surface area (Å²) in [5.41, 5.74) is 2.45. The fourth-order valence-electron chi connectivity index (χ4n) is 4.62. The van der Waals surface area contributed by atoms with Crippen molar-refractivity contribution in [2.24, 2.45) is 5.92 Å². The summed E-state index contributed by atoms with van der Waals surface area (Å²) >= 11 is 0. The normalized spacial score (nSPS) is 17.0. The molecule has 1 amide bonds. The number of imidazole rings is 2. The van der Waals surface area contributed by atoms with E-state index in [1.54, 1.807) is 40.2 Å². The van der Waals surface area contributed by atoms with Crippen molar-refractivity contribution in [1.29, 1.82) is 0 Å². The molecule has 1 unspecified atom stereocenters. The van der Waals surface area contributed by atoms with Crippen LogP contribution in [0.5, 0.6) is 0 Å². The van der Waals surface area contributed by atoms with Crippen LogP contribution in [0.1, 0.15) is 66.2 Å². The maximum Gasteiger partial charge on any atom is 0.270 e. The van der Waals surface area contributed by atoms with Gasteiger partial charge in [0, 0.05) is 38.0 Å². The number of carbonyl (C=O) groups is 1. The third-order valence-corrected chi connectivity index (χ3v) is 6.58. The van der Waals surface area contributed by atoms with Crippen LogP contribution in [-0.2, 0) is 13.1 Å². The average Bonchev–Trinajstić information content (AvgIpc) is 3.58. The molecule has 12 heteroatoms. The summed E-state index contributed by atoms with van der Waals surface area (Å²) in [4.78, 5) is 26.5. The Morgan fingerprint density at radius 2 is 2.06 bits per heavy atom. The molecule has 0 aromatic carbocycles. The largest absolute Gasteiger partial charge is 0.342 e. The fraction of sp³-hybridized carbons (Fsp3) is 0.478. The average molecular weight is 484 g/mol. The molecular weight excluding hydrogens is 456 g/mol. The molecule has 1 aliphatic carbocycles. The molecule has 10 nitrogen and oxygen atoms in total. The zero-order chi connectivity index (χ0) is 24.6. The number of halogens is 2. The third kappa shape index (κ3) is 4.77. The van der Waals surface area contributed by atoms with Gasteiger partial charge in [0.1, 0.15) is 5.69 Å². The lowest BCUT2D eigenvalue weighted by Crippen LogP contribution is -2.38. The molecule has 0 aliphatic heterocycles. The molecule has 0 radical (unpaired) electrons. The van der Waals surface area contributed by atoms with Crippen LogP contribution in [0, 0.1) is 12.8 Å². The van der Waals surface area contributed by atoms with Crippen LogP contribution in [0.15, 0.2) is 37.2 Å². The summed E-state index contributed by atoms with van der Waals surface area (Å²) in [5, 5.41) is 11.8. The van der Waals surface area contributed by atoms with Crippen molar-refractivity contribution in [2.45, 2.75) is 64.6 Å². The Bertz CT molecular complexity index is 1320. The molecule has 1 saturated carbocycles. The van der Waals surface area contributed by atoms with Crippen molar-refractivity contribution < 1.29 is 13.6 Å². The molecule has 0 spiro atoms. The van der Waals surface area contributed by atoms with Crippen LogP contribution in [0.2, 0.25) is 0 Å². The third-order valence-electron chi connectivity index (χ3n) is 6.58. The number of alkyl halides is 2. The molecule has 4 aromatic rings. The Morgan fingerprint density at radius 1 is 1.26 bits per heavy atom. The van der Waals surface area contributed by atoms with Crippen LogP contribution in [0.4, 0.5) is 8.78 Å². The van der Waals surface area contributed by atoms with Crippen molar-refractivity contribution in [1.82, 2.24) is 44.2 Å². The molecule has 4 aromatic heterocycles. The number of nitrogens with zero attached hydrogens (tertiary/aromatic N) is 8. The van der Waals surface area contributed by atoms with E-state index < -0.39 is 12.0 Å². The van der Waals surface area contributed by atoms with Crippen LogP contribution >= 0.6 is 0 Å². The topological polar surface area (TPSA) is 108 Å². The Labute approximate surface area is 200 Å². The van der Waals surface area contributed by atoms with Gasteiger partial charge in [-0.05, 0) is 38.7 Å². The highest BCUT2D eigenvalue weighted by molar-refractivity contribution is 5.92. The number of carbonyl (C=O) groups excluding carboxylic acids is 1. The molecule has 5 rings (SSSR count). The van der Waals surface area contributed by atoms with Gasteiger partial charge < -0.3 is 9.88 Å². The predicted molar refractivity (Wildman–Crippen MR) is 122 cm³/mol. The molecule has 1 aliphatic rings. The first-order valence-electron chi connectivity index (χ1n) is 11.7. The lowest BCUT2D eigenvalue weighted by Gasteiger charge is -2.33. The van der Waals surface area contributed by atoms with Crippen molar-refractivity contribution in [3.05, 3.63) is 60.0 Å². The zero-order valence-electron chi connectivity index (χ0n) is 19.6. The minimum absolute atomic E-state index is 0.187. The molecule has 35 heavy (non-hydrogen) atoms. The van der Waals surface area contributed by atoms with Gasteiger partial charge >= 0.3 is 0 Å². The first-order valence-corrected chi connectivity index (χ1v) is 11.7. The molecular formula is C23H27F2N9O. The van der Waals surface area contributed by atoms with Gasteiger partial charge in [-0.2, -0.15) is 10.2 Å².